The van der Waals surface area contributed by atoms with Crippen molar-refractivity contribution < 1.29 is 4.79 Å². The molecule has 4 nitrogen and oxygen atoms in total. The summed E-state index contributed by atoms with van der Waals surface area (Å²) >= 11 is 6.00. The Morgan fingerprint density at radius 3 is 2.76 bits per heavy atom. The van der Waals surface area contributed by atoms with Gasteiger partial charge in [-0.05, 0) is 43.9 Å². The van der Waals surface area contributed by atoms with Gasteiger partial charge >= 0.3 is 0 Å². The minimum absolute atomic E-state index is 0.168. The standard InChI is InChI=1S/C16H20ClN3O/c1-12-5-6-14-13(9-12)18-15(10-17)20(14)11-16(21)19-7-3-2-4-8-19/h5-6,9H,2-4,7-8,10-11H2,1H3. The summed E-state index contributed by atoms with van der Waals surface area (Å²) in [4.78, 5) is 19.0. The highest BCUT2D eigenvalue weighted by Crippen LogP contribution is 2.20. The van der Waals surface area contributed by atoms with Crippen molar-refractivity contribution in [3.05, 3.63) is 29.6 Å². The van der Waals surface area contributed by atoms with Crippen molar-refractivity contribution >= 4 is 28.5 Å². The van der Waals surface area contributed by atoms with E-state index in [9.17, 15) is 4.79 Å². The van der Waals surface area contributed by atoms with Crippen LogP contribution in [-0.4, -0.2) is 33.4 Å². The molecule has 1 aliphatic heterocycles. The van der Waals surface area contributed by atoms with E-state index in [0.717, 1.165) is 48.4 Å². The highest BCUT2D eigenvalue weighted by atomic mass is 35.5. The van der Waals surface area contributed by atoms with E-state index in [0.29, 0.717) is 12.4 Å². The highest BCUT2D eigenvalue weighted by Gasteiger charge is 2.19. The Bertz CT molecular complexity index is 659. The maximum atomic E-state index is 12.5. The van der Waals surface area contributed by atoms with Crippen molar-refractivity contribution in [3.8, 4) is 0 Å². The molecule has 0 unspecified atom stereocenters. The van der Waals surface area contributed by atoms with Gasteiger partial charge in [-0.3, -0.25) is 4.79 Å². The molecular formula is C16H20ClN3O. The van der Waals surface area contributed by atoms with E-state index in [2.05, 4.69) is 4.98 Å². The number of hydrogen-bond acceptors (Lipinski definition) is 2. The van der Waals surface area contributed by atoms with Gasteiger partial charge < -0.3 is 9.47 Å². The monoisotopic (exact) mass is 305 g/mol. The summed E-state index contributed by atoms with van der Waals surface area (Å²) in [6.07, 6.45) is 3.44. The van der Waals surface area contributed by atoms with Crippen molar-refractivity contribution in [1.82, 2.24) is 14.5 Å². The predicted octanol–water partition coefficient (Wildman–Crippen LogP) is 3.10. The van der Waals surface area contributed by atoms with Crippen LogP contribution in [0.4, 0.5) is 0 Å². The summed E-state index contributed by atoms with van der Waals surface area (Å²) in [6, 6.07) is 6.11. The topological polar surface area (TPSA) is 38.1 Å². The molecule has 1 saturated heterocycles. The van der Waals surface area contributed by atoms with Gasteiger partial charge in [0.25, 0.3) is 0 Å². The third-order valence-electron chi connectivity index (χ3n) is 4.10. The van der Waals surface area contributed by atoms with Crippen LogP contribution in [0.5, 0.6) is 0 Å². The number of aryl methyl sites for hydroxylation is 1. The highest BCUT2D eigenvalue weighted by molar-refractivity contribution is 6.16. The molecule has 1 aromatic heterocycles. The van der Waals surface area contributed by atoms with Crippen LogP contribution < -0.4 is 0 Å². The van der Waals surface area contributed by atoms with E-state index in [4.69, 9.17) is 11.6 Å². The van der Waals surface area contributed by atoms with E-state index in [-0.39, 0.29) is 5.91 Å². The molecule has 2 aromatic rings. The average Bonchev–Trinajstić information content (AvgIpc) is 2.85. The molecule has 0 aliphatic carbocycles. The van der Waals surface area contributed by atoms with Gasteiger partial charge in [-0.25, -0.2) is 4.98 Å². The molecule has 1 fully saturated rings. The Labute approximate surface area is 129 Å². The van der Waals surface area contributed by atoms with Crippen molar-refractivity contribution in [1.29, 1.82) is 0 Å². The van der Waals surface area contributed by atoms with Gasteiger partial charge in [0, 0.05) is 13.1 Å². The van der Waals surface area contributed by atoms with E-state index in [1.165, 1.54) is 6.42 Å². The second kappa shape index (κ2) is 6.06. The third-order valence-corrected chi connectivity index (χ3v) is 4.34. The number of piperidine rings is 1. The van der Waals surface area contributed by atoms with Gasteiger partial charge in [0.1, 0.15) is 12.4 Å². The van der Waals surface area contributed by atoms with Gasteiger partial charge in [-0.2, -0.15) is 0 Å². The summed E-state index contributed by atoms with van der Waals surface area (Å²) in [5.41, 5.74) is 3.06. The third kappa shape index (κ3) is 2.91. The maximum Gasteiger partial charge on any atom is 0.242 e. The van der Waals surface area contributed by atoms with Crippen LogP contribution in [-0.2, 0) is 17.2 Å². The Morgan fingerprint density at radius 2 is 2.05 bits per heavy atom. The van der Waals surface area contributed by atoms with Crippen LogP contribution >= 0.6 is 11.6 Å². The minimum atomic E-state index is 0.168. The number of alkyl halides is 1. The molecule has 0 atom stereocenters. The zero-order chi connectivity index (χ0) is 14.8. The van der Waals surface area contributed by atoms with Crippen molar-refractivity contribution in [2.75, 3.05) is 13.1 Å². The lowest BCUT2D eigenvalue weighted by Crippen LogP contribution is -2.38. The van der Waals surface area contributed by atoms with E-state index in [1.807, 2.05) is 34.6 Å². The SMILES string of the molecule is Cc1ccc2c(c1)nc(CCl)n2CC(=O)N1CCCCC1. The van der Waals surface area contributed by atoms with E-state index >= 15 is 0 Å². The summed E-state index contributed by atoms with van der Waals surface area (Å²) in [7, 11) is 0. The first-order valence-corrected chi connectivity index (χ1v) is 8.02. The Morgan fingerprint density at radius 1 is 1.29 bits per heavy atom. The molecule has 5 heteroatoms. The van der Waals surface area contributed by atoms with Crippen molar-refractivity contribution in [2.45, 2.75) is 38.6 Å². The normalized spacial score (nSPS) is 15.6. The predicted molar refractivity (Wildman–Crippen MR) is 84.5 cm³/mol. The number of likely N-dealkylation sites (tertiary alicyclic amines) is 1. The molecule has 1 aliphatic rings. The minimum Gasteiger partial charge on any atom is -0.341 e. The van der Waals surface area contributed by atoms with Crippen LogP contribution in [0.15, 0.2) is 18.2 Å². The van der Waals surface area contributed by atoms with Gasteiger partial charge in [0.15, 0.2) is 0 Å². The molecule has 0 radical (unpaired) electrons. The molecule has 1 amide bonds. The second-order valence-electron chi connectivity index (χ2n) is 5.68. The number of carbonyl (C=O) groups is 1. The zero-order valence-corrected chi connectivity index (χ0v) is 13.1. The fraction of sp³-hybridized carbons (Fsp3) is 0.500. The molecular weight excluding hydrogens is 286 g/mol. The van der Waals surface area contributed by atoms with Crippen LogP contribution in [0.3, 0.4) is 0 Å². The number of rotatable bonds is 3. The number of halogens is 1. The lowest BCUT2D eigenvalue weighted by molar-refractivity contribution is -0.132. The van der Waals surface area contributed by atoms with Crippen molar-refractivity contribution in [3.63, 3.8) is 0 Å². The first-order chi connectivity index (χ1) is 10.2. The molecule has 2 heterocycles. The van der Waals surface area contributed by atoms with Crippen LogP contribution in [0.1, 0.15) is 30.7 Å². The molecule has 1 aromatic carbocycles. The summed E-state index contributed by atoms with van der Waals surface area (Å²) in [5, 5.41) is 0. The van der Waals surface area contributed by atoms with Crippen LogP contribution in [0.25, 0.3) is 11.0 Å². The molecule has 3 rings (SSSR count). The lowest BCUT2D eigenvalue weighted by Gasteiger charge is -2.27. The number of carbonyl (C=O) groups excluding carboxylic acids is 1. The Hall–Kier alpha value is -1.55. The number of benzene rings is 1. The van der Waals surface area contributed by atoms with E-state index in [1.54, 1.807) is 0 Å². The van der Waals surface area contributed by atoms with Gasteiger partial charge in [0.05, 0.1) is 16.9 Å². The fourth-order valence-corrected chi connectivity index (χ4v) is 3.15. The number of amides is 1. The number of fused-ring (bicyclic) bond motifs is 1. The first kappa shape index (κ1) is 14.4. The number of imidazole rings is 1. The molecule has 0 spiro atoms. The average molecular weight is 306 g/mol. The maximum absolute atomic E-state index is 12.5. The first-order valence-electron chi connectivity index (χ1n) is 7.48. The Kier molecular flexibility index (Phi) is 4.15. The Balaban J connectivity index is 1.89. The summed E-state index contributed by atoms with van der Waals surface area (Å²) in [6.45, 7) is 4.13. The molecule has 0 saturated carbocycles. The molecule has 21 heavy (non-hydrogen) atoms. The molecule has 112 valence electrons. The van der Waals surface area contributed by atoms with Gasteiger partial charge in [0.2, 0.25) is 5.91 Å². The number of aromatic nitrogens is 2. The van der Waals surface area contributed by atoms with Crippen LogP contribution in [0.2, 0.25) is 0 Å². The van der Waals surface area contributed by atoms with Crippen LogP contribution in [0, 0.1) is 6.92 Å². The van der Waals surface area contributed by atoms with E-state index < -0.39 is 0 Å². The van der Waals surface area contributed by atoms with Gasteiger partial charge in [-0.1, -0.05) is 6.07 Å². The zero-order valence-electron chi connectivity index (χ0n) is 12.3. The molecule has 0 bridgehead atoms. The number of hydrogen-bond donors (Lipinski definition) is 0. The summed E-state index contributed by atoms with van der Waals surface area (Å²) < 4.78 is 1.96. The van der Waals surface area contributed by atoms with Crippen molar-refractivity contribution in [2.24, 2.45) is 0 Å². The smallest absolute Gasteiger partial charge is 0.242 e. The lowest BCUT2D eigenvalue weighted by atomic mass is 10.1. The van der Waals surface area contributed by atoms with Gasteiger partial charge in [-0.15, -0.1) is 11.6 Å². The second-order valence-corrected chi connectivity index (χ2v) is 5.95. The summed E-state index contributed by atoms with van der Waals surface area (Å²) in [5.74, 6) is 1.25. The molecule has 0 N–H and O–H groups in total. The number of nitrogens with zero attached hydrogens (tertiary/aromatic N) is 3. The largest absolute Gasteiger partial charge is 0.341 e. The fourth-order valence-electron chi connectivity index (χ4n) is 2.95. The quantitative estimate of drug-likeness (QED) is 0.817.